The van der Waals surface area contributed by atoms with Gasteiger partial charge in [0.1, 0.15) is 16.1 Å². The van der Waals surface area contributed by atoms with Gasteiger partial charge in [0.15, 0.2) is 0 Å². The summed E-state index contributed by atoms with van der Waals surface area (Å²) in [5.41, 5.74) is 1.24. The van der Waals surface area contributed by atoms with E-state index in [9.17, 15) is 4.55 Å². The van der Waals surface area contributed by atoms with E-state index in [4.69, 9.17) is 4.74 Å². The first-order valence-electron chi connectivity index (χ1n) is 9.03. The third-order valence-electron chi connectivity index (χ3n) is 4.56. The van der Waals surface area contributed by atoms with E-state index in [1.807, 2.05) is 45.2 Å². The molecule has 0 spiro atoms. The number of hydrogen-bond donors (Lipinski definition) is 0. The molecule has 1 aromatic carbocycles. The van der Waals surface area contributed by atoms with Gasteiger partial charge >= 0.3 is 0 Å². The molecule has 1 fully saturated rings. The molecule has 0 bridgehead atoms. The van der Waals surface area contributed by atoms with Gasteiger partial charge in [-0.2, -0.15) is 0 Å². The van der Waals surface area contributed by atoms with Gasteiger partial charge in [0.2, 0.25) is 0 Å². The van der Waals surface area contributed by atoms with Crippen molar-refractivity contribution >= 4 is 17.6 Å². The summed E-state index contributed by atoms with van der Waals surface area (Å²) in [5, 5.41) is 0. The normalized spacial score (nSPS) is 23.5. The average molecular weight is 350 g/mol. The summed E-state index contributed by atoms with van der Waals surface area (Å²) < 4.78 is 21.8. The molecule has 3 nitrogen and oxygen atoms in total. The van der Waals surface area contributed by atoms with Crippen molar-refractivity contribution in [2.24, 2.45) is 16.2 Å². The van der Waals surface area contributed by atoms with Gasteiger partial charge in [0, 0.05) is 6.61 Å². The van der Waals surface area contributed by atoms with Crippen LogP contribution in [0.4, 0.5) is 0 Å². The fraction of sp³-hybridized carbons (Fsp3) is 0.650. The molecule has 134 valence electrons. The standard InChI is InChI=1S/C20H31NO2S/c1-20(2,3)24(22)21-15-18-11-9-17(10-12-18)13-14-23-16-19-7-5-4-6-8-19/h4-8,15,17-18H,9-14,16H2,1-3H3/b21-15+. The Labute approximate surface area is 150 Å². The Morgan fingerprint density at radius 1 is 1.17 bits per heavy atom. The second-order valence-corrected chi connectivity index (χ2v) is 9.66. The molecule has 4 heteroatoms. The number of nitrogens with zero attached hydrogens (tertiary/aromatic N) is 1. The van der Waals surface area contributed by atoms with Crippen LogP contribution in [0.2, 0.25) is 0 Å². The van der Waals surface area contributed by atoms with Crippen molar-refractivity contribution in [3.63, 3.8) is 0 Å². The molecule has 0 aliphatic heterocycles. The molecule has 1 aliphatic rings. The average Bonchev–Trinajstić information content (AvgIpc) is 2.57. The van der Waals surface area contributed by atoms with Crippen LogP contribution in [0.1, 0.15) is 58.4 Å². The zero-order valence-electron chi connectivity index (χ0n) is 15.2. The predicted molar refractivity (Wildman–Crippen MR) is 103 cm³/mol. The smallest absolute Gasteiger partial charge is 0.144 e. The Balaban J connectivity index is 1.60. The first-order chi connectivity index (χ1) is 11.4. The molecule has 0 saturated heterocycles. The molecule has 0 aromatic heterocycles. The van der Waals surface area contributed by atoms with E-state index >= 15 is 0 Å². The van der Waals surface area contributed by atoms with E-state index in [1.165, 1.54) is 18.4 Å². The van der Waals surface area contributed by atoms with Crippen LogP contribution in [0.25, 0.3) is 0 Å². The fourth-order valence-corrected chi connectivity index (χ4v) is 3.54. The van der Waals surface area contributed by atoms with E-state index in [2.05, 4.69) is 16.5 Å². The van der Waals surface area contributed by atoms with E-state index in [-0.39, 0.29) is 4.75 Å². The van der Waals surface area contributed by atoms with Crippen molar-refractivity contribution in [3.05, 3.63) is 35.9 Å². The van der Waals surface area contributed by atoms with E-state index in [0.29, 0.717) is 12.5 Å². The number of hydrogen-bond acceptors (Lipinski definition) is 3. The van der Waals surface area contributed by atoms with E-state index < -0.39 is 11.4 Å². The van der Waals surface area contributed by atoms with Crippen molar-refractivity contribution in [1.82, 2.24) is 0 Å². The van der Waals surface area contributed by atoms with Crippen LogP contribution in [-0.4, -0.2) is 22.1 Å². The van der Waals surface area contributed by atoms with Crippen molar-refractivity contribution in [2.45, 2.75) is 64.2 Å². The Hall–Kier alpha value is -0.840. The number of ether oxygens (including phenoxy) is 1. The molecule has 0 radical (unpaired) electrons. The summed E-state index contributed by atoms with van der Waals surface area (Å²) in [5.74, 6) is 1.26. The maximum atomic E-state index is 12.0. The summed E-state index contributed by atoms with van der Waals surface area (Å²) in [7, 11) is 0. The molecular weight excluding hydrogens is 318 g/mol. The summed E-state index contributed by atoms with van der Waals surface area (Å²) in [4.78, 5) is 0. The van der Waals surface area contributed by atoms with Gasteiger partial charge in [-0.15, -0.1) is 0 Å². The summed E-state index contributed by atoms with van der Waals surface area (Å²) in [6.45, 7) is 7.44. The Kier molecular flexibility index (Phi) is 7.79. The molecule has 1 aliphatic carbocycles. The molecule has 24 heavy (non-hydrogen) atoms. The van der Waals surface area contributed by atoms with Gasteiger partial charge in [-0.05, 0) is 70.3 Å². The SMILES string of the molecule is CC(C)(C)[S+]([O-])/N=C/C1CCC(CCOCc2ccccc2)CC1. The fourth-order valence-electron chi connectivity index (χ4n) is 2.94. The van der Waals surface area contributed by atoms with Crippen LogP contribution in [0.3, 0.4) is 0 Å². The zero-order valence-corrected chi connectivity index (χ0v) is 16.1. The van der Waals surface area contributed by atoms with Gasteiger partial charge in [-0.25, -0.2) is 0 Å². The van der Waals surface area contributed by atoms with Crippen molar-refractivity contribution in [2.75, 3.05) is 6.61 Å². The third kappa shape index (κ3) is 6.96. The van der Waals surface area contributed by atoms with E-state index in [0.717, 1.165) is 31.8 Å². The molecule has 0 N–H and O–H groups in total. The minimum Gasteiger partial charge on any atom is -0.591 e. The van der Waals surface area contributed by atoms with Gasteiger partial charge in [-0.3, -0.25) is 0 Å². The van der Waals surface area contributed by atoms with Crippen LogP contribution in [0, 0.1) is 11.8 Å². The Morgan fingerprint density at radius 3 is 2.46 bits per heavy atom. The molecule has 1 saturated carbocycles. The highest BCUT2D eigenvalue weighted by atomic mass is 32.2. The van der Waals surface area contributed by atoms with Gasteiger partial charge in [0.25, 0.3) is 0 Å². The topological polar surface area (TPSA) is 44.7 Å². The molecule has 1 aromatic rings. The largest absolute Gasteiger partial charge is 0.591 e. The highest BCUT2D eigenvalue weighted by Gasteiger charge is 2.27. The molecular formula is C20H31NO2S. The van der Waals surface area contributed by atoms with Crippen molar-refractivity contribution in [3.8, 4) is 0 Å². The molecule has 2 rings (SSSR count). The minimum atomic E-state index is -1.12. The number of benzene rings is 1. The van der Waals surface area contributed by atoms with Crippen LogP contribution in [0.5, 0.6) is 0 Å². The lowest BCUT2D eigenvalue weighted by atomic mass is 9.81. The van der Waals surface area contributed by atoms with Crippen LogP contribution in [0.15, 0.2) is 34.7 Å². The monoisotopic (exact) mass is 349 g/mol. The second-order valence-electron chi connectivity index (χ2n) is 7.72. The summed E-state index contributed by atoms with van der Waals surface area (Å²) in [6.07, 6.45) is 7.87. The molecule has 1 unspecified atom stereocenters. The lowest BCUT2D eigenvalue weighted by molar-refractivity contribution is 0.100. The minimum absolute atomic E-state index is 0.260. The van der Waals surface area contributed by atoms with Gasteiger partial charge < -0.3 is 9.29 Å². The van der Waals surface area contributed by atoms with Crippen LogP contribution in [-0.2, 0) is 22.7 Å². The maximum Gasteiger partial charge on any atom is 0.144 e. The van der Waals surface area contributed by atoms with Gasteiger partial charge in [0.05, 0.1) is 12.8 Å². The lowest BCUT2D eigenvalue weighted by Crippen LogP contribution is -2.26. The van der Waals surface area contributed by atoms with Crippen LogP contribution >= 0.6 is 0 Å². The third-order valence-corrected chi connectivity index (χ3v) is 5.93. The second kappa shape index (κ2) is 9.59. The quantitative estimate of drug-likeness (QED) is 0.398. The van der Waals surface area contributed by atoms with Crippen molar-refractivity contribution in [1.29, 1.82) is 0 Å². The first kappa shape index (κ1) is 19.5. The number of rotatable bonds is 7. The Morgan fingerprint density at radius 2 is 1.83 bits per heavy atom. The summed E-state index contributed by atoms with van der Waals surface area (Å²) in [6, 6.07) is 10.3. The predicted octanol–water partition coefficient (Wildman–Crippen LogP) is 4.93. The molecule has 0 heterocycles. The maximum absolute atomic E-state index is 12.0. The Bertz CT molecular complexity index is 490. The highest BCUT2D eigenvalue weighted by molar-refractivity contribution is 7.91. The van der Waals surface area contributed by atoms with E-state index in [1.54, 1.807) is 0 Å². The highest BCUT2D eigenvalue weighted by Crippen LogP contribution is 2.30. The molecule has 0 amide bonds. The van der Waals surface area contributed by atoms with Gasteiger partial charge in [-0.1, -0.05) is 34.7 Å². The first-order valence-corrected chi connectivity index (χ1v) is 10.1. The lowest BCUT2D eigenvalue weighted by Gasteiger charge is -2.26. The zero-order chi connectivity index (χ0) is 17.4. The molecule has 1 atom stereocenters. The summed E-state index contributed by atoms with van der Waals surface area (Å²) >= 11 is -1.12. The van der Waals surface area contributed by atoms with Crippen molar-refractivity contribution < 1.29 is 9.29 Å². The van der Waals surface area contributed by atoms with Crippen LogP contribution < -0.4 is 0 Å².